The smallest absolute Gasteiger partial charge is 0.319 e. The van der Waals surface area contributed by atoms with E-state index in [4.69, 9.17) is 4.74 Å². The van der Waals surface area contributed by atoms with Crippen molar-refractivity contribution in [3.05, 3.63) is 60.2 Å². The monoisotopic (exact) mass is 369 g/mol. The predicted octanol–water partition coefficient (Wildman–Crippen LogP) is 4.51. The van der Waals surface area contributed by atoms with E-state index in [0.717, 1.165) is 30.9 Å². The number of hydrogen-bond donors (Lipinski definition) is 2. The molecule has 2 N–H and O–H groups in total. The first-order valence-electron chi connectivity index (χ1n) is 9.52. The summed E-state index contributed by atoms with van der Waals surface area (Å²) in [5, 5.41) is 5.71. The van der Waals surface area contributed by atoms with Crippen LogP contribution in [-0.4, -0.2) is 32.8 Å². The molecule has 0 bridgehead atoms. The quantitative estimate of drug-likeness (QED) is 0.606. The van der Waals surface area contributed by atoms with Gasteiger partial charge in [-0.15, -0.1) is 0 Å². The summed E-state index contributed by atoms with van der Waals surface area (Å²) in [6.45, 7) is 7.11. The van der Waals surface area contributed by atoms with Crippen LogP contribution >= 0.6 is 0 Å². The second-order valence-electron chi connectivity index (χ2n) is 7.09. The first-order chi connectivity index (χ1) is 13.0. The molecule has 5 nitrogen and oxygen atoms in total. The van der Waals surface area contributed by atoms with E-state index in [1.165, 1.54) is 5.56 Å². The topological polar surface area (TPSA) is 53.6 Å². The van der Waals surface area contributed by atoms with Crippen LogP contribution in [0.2, 0.25) is 0 Å². The van der Waals surface area contributed by atoms with Crippen molar-refractivity contribution < 1.29 is 9.53 Å². The van der Waals surface area contributed by atoms with Crippen molar-refractivity contribution in [2.24, 2.45) is 5.92 Å². The highest BCUT2D eigenvalue weighted by atomic mass is 16.5. The molecule has 0 unspecified atom stereocenters. The van der Waals surface area contributed by atoms with Crippen LogP contribution < -0.4 is 15.5 Å². The number of nitrogens with zero attached hydrogens (tertiary/aromatic N) is 1. The maximum Gasteiger partial charge on any atom is 0.319 e. The number of urea groups is 1. The zero-order valence-electron chi connectivity index (χ0n) is 16.6. The second-order valence-corrected chi connectivity index (χ2v) is 7.09. The zero-order valence-corrected chi connectivity index (χ0v) is 16.6. The fourth-order valence-electron chi connectivity index (χ4n) is 2.62. The molecule has 2 aromatic carbocycles. The Hall–Kier alpha value is -2.53. The largest absolute Gasteiger partial charge is 0.381 e. The van der Waals surface area contributed by atoms with Gasteiger partial charge in [-0.2, -0.15) is 0 Å². The molecule has 0 heterocycles. The Bertz CT molecular complexity index is 672. The Morgan fingerprint density at radius 2 is 1.78 bits per heavy atom. The van der Waals surface area contributed by atoms with Crippen LogP contribution in [0.5, 0.6) is 0 Å². The third kappa shape index (κ3) is 8.13. The average Bonchev–Trinajstić information content (AvgIpc) is 2.65. The number of carbonyl (C=O) groups excluding carboxylic acids is 1. The fraction of sp³-hybridized carbons (Fsp3) is 0.409. The number of nitrogens with one attached hydrogen (secondary N) is 2. The number of rotatable bonds is 10. The highest BCUT2D eigenvalue weighted by Crippen LogP contribution is 2.18. The molecule has 0 aliphatic heterocycles. The summed E-state index contributed by atoms with van der Waals surface area (Å²) in [5.74, 6) is 0.538. The minimum absolute atomic E-state index is 0.191. The predicted molar refractivity (Wildman–Crippen MR) is 112 cm³/mol. The molecule has 0 aliphatic carbocycles. The van der Waals surface area contributed by atoms with E-state index in [1.807, 2.05) is 42.5 Å². The van der Waals surface area contributed by atoms with Crippen LogP contribution in [-0.2, 0) is 11.3 Å². The Balaban J connectivity index is 1.70. The van der Waals surface area contributed by atoms with Crippen LogP contribution in [0.1, 0.15) is 25.8 Å². The molecule has 0 radical (unpaired) electrons. The molecule has 2 aromatic rings. The second kappa shape index (κ2) is 11.2. The number of anilines is 2. The lowest BCUT2D eigenvalue weighted by Crippen LogP contribution is -2.30. The normalized spacial score (nSPS) is 10.7. The molecule has 0 atom stereocenters. The lowest BCUT2D eigenvalue weighted by atomic mass is 10.2. The summed E-state index contributed by atoms with van der Waals surface area (Å²) < 4.78 is 5.50. The van der Waals surface area contributed by atoms with Crippen molar-refractivity contribution >= 4 is 17.4 Å². The summed E-state index contributed by atoms with van der Waals surface area (Å²) in [6, 6.07) is 18.0. The summed E-state index contributed by atoms with van der Waals surface area (Å²) in [5.41, 5.74) is 3.14. The highest BCUT2D eigenvalue weighted by molar-refractivity contribution is 5.89. The summed E-state index contributed by atoms with van der Waals surface area (Å²) in [6.07, 6.45) is 0.809. The fourth-order valence-corrected chi connectivity index (χ4v) is 2.62. The van der Waals surface area contributed by atoms with Crippen LogP contribution in [0.3, 0.4) is 0 Å². The third-order valence-electron chi connectivity index (χ3n) is 4.03. The molecule has 0 saturated heterocycles. The van der Waals surface area contributed by atoms with Crippen LogP contribution in [0.25, 0.3) is 0 Å². The van der Waals surface area contributed by atoms with Crippen molar-refractivity contribution in [3.63, 3.8) is 0 Å². The Kier molecular flexibility index (Phi) is 8.65. The lowest BCUT2D eigenvalue weighted by molar-refractivity contribution is 0.108. The van der Waals surface area contributed by atoms with E-state index in [0.29, 0.717) is 19.1 Å². The molecular formula is C22H31N3O2. The summed E-state index contributed by atoms with van der Waals surface area (Å²) in [4.78, 5) is 14.1. The van der Waals surface area contributed by atoms with Gasteiger partial charge in [0, 0.05) is 44.7 Å². The number of ether oxygens (including phenoxy) is 1. The zero-order chi connectivity index (χ0) is 19.5. The van der Waals surface area contributed by atoms with Crippen molar-refractivity contribution in [2.45, 2.75) is 26.8 Å². The lowest BCUT2D eigenvalue weighted by Gasteiger charge is -2.20. The Morgan fingerprint density at radius 3 is 2.44 bits per heavy atom. The van der Waals surface area contributed by atoms with E-state index in [-0.39, 0.29) is 6.03 Å². The van der Waals surface area contributed by atoms with Crippen LogP contribution in [0, 0.1) is 5.92 Å². The average molecular weight is 370 g/mol. The molecule has 2 amide bonds. The van der Waals surface area contributed by atoms with Crippen LogP contribution in [0.4, 0.5) is 16.2 Å². The van der Waals surface area contributed by atoms with Gasteiger partial charge in [0.2, 0.25) is 0 Å². The standard InChI is InChI=1S/C22H31N3O2/c1-18(2)17-27-15-7-14-23-22(26)24-20-10-12-21(13-11-20)25(3)16-19-8-5-4-6-9-19/h4-6,8-13,18H,7,14-17H2,1-3H3,(H2,23,24,26). The third-order valence-corrected chi connectivity index (χ3v) is 4.03. The SMILES string of the molecule is CC(C)COCCCNC(=O)Nc1ccc(N(C)Cc2ccccc2)cc1. The molecular weight excluding hydrogens is 338 g/mol. The minimum Gasteiger partial charge on any atom is -0.381 e. The first-order valence-corrected chi connectivity index (χ1v) is 9.52. The Morgan fingerprint density at radius 1 is 1.07 bits per heavy atom. The van der Waals surface area contributed by atoms with Gasteiger partial charge in [0.1, 0.15) is 0 Å². The van der Waals surface area contributed by atoms with Crippen molar-refractivity contribution in [3.8, 4) is 0 Å². The Labute approximate surface area is 162 Å². The molecule has 5 heteroatoms. The molecule has 0 aromatic heterocycles. The van der Waals surface area contributed by atoms with Crippen molar-refractivity contribution in [2.75, 3.05) is 37.0 Å². The maximum absolute atomic E-state index is 11.9. The van der Waals surface area contributed by atoms with Gasteiger partial charge >= 0.3 is 6.03 Å². The minimum atomic E-state index is -0.191. The van der Waals surface area contributed by atoms with Crippen molar-refractivity contribution in [1.82, 2.24) is 5.32 Å². The number of hydrogen-bond acceptors (Lipinski definition) is 3. The molecule has 2 rings (SSSR count). The molecule has 0 fully saturated rings. The van der Waals surface area contributed by atoms with E-state index in [1.54, 1.807) is 0 Å². The van der Waals surface area contributed by atoms with E-state index >= 15 is 0 Å². The van der Waals surface area contributed by atoms with Crippen LogP contribution in [0.15, 0.2) is 54.6 Å². The van der Waals surface area contributed by atoms with Crippen molar-refractivity contribution in [1.29, 1.82) is 0 Å². The molecule has 0 aliphatic rings. The van der Waals surface area contributed by atoms with Gasteiger partial charge in [0.05, 0.1) is 0 Å². The molecule has 146 valence electrons. The molecule has 27 heavy (non-hydrogen) atoms. The molecule has 0 saturated carbocycles. The number of carbonyl (C=O) groups is 1. The first kappa shape index (κ1) is 20.8. The van der Waals surface area contributed by atoms with Gasteiger partial charge in [-0.1, -0.05) is 44.2 Å². The van der Waals surface area contributed by atoms with E-state index < -0.39 is 0 Å². The van der Waals surface area contributed by atoms with Gasteiger partial charge in [0.15, 0.2) is 0 Å². The van der Waals surface area contributed by atoms with E-state index in [2.05, 4.69) is 48.6 Å². The van der Waals surface area contributed by atoms with Gasteiger partial charge in [0.25, 0.3) is 0 Å². The highest BCUT2D eigenvalue weighted by Gasteiger charge is 2.04. The van der Waals surface area contributed by atoms with E-state index in [9.17, 15) is 4.79 Å². The summed E-state index contributed by atoms with van der Waals surface area (Å²) in [7, 11) is 2.06. The maximum atomic E-state index is 11.9. The number of amides is 2. The van der Waals surface area contributed by atoms with Gasteiger partial charge in [-0.25, -0.2) is 4.79 Å². The summed E-state index contributed by atoms with van der Waals surface area (Å²) >= 11 is 0. The van der Waals surface area contributed by atoms with Gasteiger partial charge < -0.3 is 20.3 Å². The van der Waals surface area contributed by atoms with Gasteiger partial charge in [-0.05, 0) is 42.2 Å². The van der Waals surface area contributed by atoms with Gasteiger partial charge in [-0.3, -0.25) is 0 Å². The molecule has 0 spiro atoms. The number of benzene rings is 2.